The Bertz CT molecular complexity index is 184. The second kappa shape index (κ2) is 5.28. The maximum atomic E-state index is 5.75. The maximum absolute atomic E-state index is 5.75. The number of hydrogen-bond acceptors (Lipinski definition) is 3. The Labute approximate surface area is 93.0 Å². The Morgan fingerprint density at radius 1 is 1.47 bits per heavy atom. The van der Waals surface area contributed by atoms with Crippen molar-refractivity contribution in [3.8, 4) is 0 Å². The summed E-state index contributed by atoms with van der Waals surface area (Å²) < 4.78 is 5.75. The van der Waals surface area contributed by atoms with Crippen LogP contribution in [0, 0.1) is 5.92 Å². The van der Waals surface area contributed by atoms with E-state index in [1.54, 1.807) is 0 Å². The van der Waals surface area contributed by atoms with Crippen LogP contribution >= 0.6 is 0 Å². The maximum Gasteiger partial charge on any atom is 0.0779 e. The van der Waals surface area contributed by atoms with E-state index in [1.807, 2.05) is 0 Å². The number of nitrogens with one attached hydrogen (secondary N) is 2. The molecular formula is C12H24N2O. The molecule has 2 atom stereocenters. The van der Waals surface area contributed by atoms with Crippen LogP contribution in [0.5, 0.6) is 0 Å². The summed E-state index contributed by atoms with van der Waals surface area (Å²) >= 11 is 0. The quantitative estimate of drug-likeness (QED) is 0.733. The Morgan fingerprint density at radius 2 is 2.40 bits per heavy atom. The molecule has 0 aromatic rings. The van der Waals surface area contributed by atoms with Gasteiger partial charge in [-0.1, -0.05) is 0 Å². The van der Waals surface area contributed by atoms with Crippen molar-refractivity contribution < 1.29 is 4.74 Å². The smallest absolute Gasteiger partial charge is 0.0779 e. The summed E-state index contributed by atoms with van der Waals surface area (Å²) in [5, 5.41) is 7.02. The molecule has 2 fully saturated rings. The van der Waals surface area contributed by atoms with Gasteiger partial charge < -0.3 is 15.4 Å². The topological polar surface area (TPSA) is 33.3 Å². The minimum atomic E-state index is 0.113. The molecule has 2 aliphatic rings. The molecule has 0 bridgehead atoms. The lowest BCUT2D eigenvalue weighted by atomic mass is 9.98. The highest BCUT2D eigenvalue weighted by molar-refractivity contribution is 4.83. The van der Waals surface area contributed by atoms with Crippen LogP contribution in [-0.2, 0) is 4.74 Å². The second-order valence-electron chi connectivity index (χ2n) is 5.25. The van der Waals surface area contributed by atoms with Gasteiger partial charge in [0.25, 0.3) is 0 Å². The van der Waals surface area contributed by atoms with Crippen LogP contribution in [0.25, 0.3) is 0 Å². The summed E-state index contributed by atoms with van der Waals surface area (Å²) in [7, 11) is 0. The van der Waals surface area contributed by atoms with E-state index >= 15 is 0 Å². The van der Waals surface area contributed by atoms with Crippen LogP contribution in [0.4, 0.5) is 0 Å². The van der Waals surface area contributed by atoms with Gasteiger partial charge in [0.05, 0.1) is 5.60 Å². The van der Waals surface area contributed by atoms with Gasteiger partial charge in [-0.25, -0.2) is 0 Å². The average molecular weight is 212 g/mol. The third kappa shape index (κ3) is 3.44. The monoisotopic (exact) mass is 212 g/mol. The molecule has 3 heteroatoms. The van der Waals surface area contributed by atoms with Gasteiger partial charge in [-0.05, 0) is 58.2 Å². The molecule has 0 spiro atoms. The van der Waals surface area contributed by atoms with Crippen LogP contribution in [-0.4, -0.2) is 38.4 Å². The van der Waals surface area contributed by atoms with Gasteiger partial charge in [0.2, 0.25) is 0 Å². The largest absolute Gasteiger partial charge is 0.374 e. The highest BCUT2D eigenvalue weighted by Gasteiger charge is 2.29. The van der Waals surface area contributed by atoms with Crippen LogP contribution in [0.1, 0.15) is 32.6 Å². The summed E-state index contributed by atoms with van der Waals surface area (Å²) in [5.41, 5.74) is 0.113. The molecule has 2 aliphatic heterocycles. The summed E-state index contributed by atoms with van der Waals surface area (Å²) in [6, 6.07) is 0. The molecule has 2 heterocycles. The zero-order chi connectivity index (χ0) is 10.6. The molecule has 3 nitrogen and oxygen atoms in total. The minimum absolute atomic E-state index is 0.113. The van der Waals surface area contributed by atoms with Gasteiger partial charge in [-0.3, -0.25) is 0 Å². The third-order valence-electron chi connectivity index (χ3n) is 3.63. The van der Waals surface area contributed by atoms with Gasteiger partial charge >= 0.3 is 0 Å². The van der Waals surface area contributed by atoms with E-state index in [1.165, 1.54) is 38.8 Å². The van der Waals surface area contributed by atoms with Gasteiger partial charge in [0, 0.05) is 13.2 Å². The van der Waals surface area contributed by atoms with Crippen molar-refractivity contribution in [1.29, 1.82) is 0 Å². The van der Waals surface area contributed by atoms with Gasteiger partial charge in [-0.2, -0.15) is 0 Å². The van der Waals surface area contributed by atoms with Crippen LogP contribution in [0.2, 0.25) is 0 Å². The lowest BCUT2D eigenvalue weighted by Crippen LogP contribution is -2.42. The Kier molecular flexibility index (Phi) is 4.00. The molecule has 0 aliphatic carbocycles. The predicted molar refractivity (Wildman–Crippen MR) is 62.1 cm³/mol. The molecule has 88 valence electrons. The van der Waals surface area contributed by atoms with E-state index < -0.39 is 0 Å². The first kappa shape index (κ1) is 11.4. The van der Waals surface area contributed by atoms with Crippen molar-refractivity contribution in [1.82, 2.24) is 10.6 Å². The van der Waals surface area contributed by atoms with Gasteiger partial charge in [0.15, 0.2) is 0 Å². The number of rotatable bonds is 4. The van der Waals surface area contributed by atoms with Crippen LogP contribution in [0.3, 0.4) is 0 Å². The molecule has 2 N–H and O–H groups in total. The van der Waals surface area contributed by atoms with Crippen molar-refractivity contribution in [3.63, 3.8) is 0 Å². The SMILES string of the molecule is CC1(CNCC2CCCNC2)CCCO1. The fourth-order valence-electron chi connectivity index (χ4n) is 2.62. The Morgan fingerprint density at radius 3 is 3.07 bits per heavy atom. The van der Waals surface area contributed by atoms with Crippen molar-refractivity contribution in [2.24, 2.45) is 5.92 Å². The summed E-state index contributed by atoms with van der Waals surface area (Å²) in [5.74, 6) is 0.823. The summed E-state index contributed by atoms with van der Waals surface area (Å²) in [4.78, 5) is 0. The average Bonchev–Trinajstić information content (AvgIpc) is 2.67. The van der Waals surface area contributed by atoms with Crippen LogP contribution in [0.15, 0.2) is 0 Å². The van der Waals surface area contributed by atoms with Gasteiger partial charge in [0.1, 0.15) is 0 Å². The molecule has 2 saturated heterocycles. The van der Waals surface area contributed by atoms with E-state index in [9.17, 15) is 0 Å². The normalized spacial score (nSPS) is 37.0. The van der Waals surface area contributed by atoms with E-state index in [0.29, 0.717) is 0 Å². The Balaban J connectivity index is 1.61. The van der Waals surface area contributed by atoms with Crippen LogP contribution < -0.4 is 10.6 Å². The van der Waals surface area contributed by atoms with E-state index in [0.717, 1.165) is 25.6 Å². The molecular weight excluding hydrogens is 188 g/mol. The van der Waals surface area contributed by atoms with Crippen molar-refractivity contribution in [3.05, 3.63) is 0 Å². The molecule has 0 aromatic heterocycles. The Hall–Kier alpha value is -0.120. The zero-order valence-electron chi connectivity index (χ0n) is 9.85. The molecule has 0 radical (unpaired) electrons. The van der Waals surface area contributed by atoms with Gasteiger partial charge in [-0.15, -0.1) is 0 Å². The number of ether oxygens (including phenoxy) is 1. The summed E-state index contributed by atoms with van der Waals surface area (Å²) in [6.45, 7) is 7.73. The number of piperidine rings is 1. The summed E-state index contributed by atoms with van der Waals surface area (Å²) in [6.07, 6.45) is 5.14. The second-order valence-corrected chi connectivity index (χ2v) is 5.25. The van der Waals surface area contributed by atoms with E-state index in [-0.39, 0.29) is 5.60 Å². The molecule has 0 saturated carbocycles. The lowest BCUT2D eigenvalue weighted by Gasteiger charge is -2.27. The number of hydrogen-bond donors (Lipinski definition) is 2. The first-order valence-electron chi connectivity index (χ1n) is 6.34. The minimum Gasteiger partial charge on any atom is -0.374 e. The fraction of sp³-hybridized carbons (Fsp3) is 1.00. The first-order chi connectivity index (χ1) is 7.29. The lowest BCUT2D eigenvalue weighted by molar-refractivity contribution is 0.0201. The fourth-order valence-corrected chi connectivity index (χ4v) is 2.62. The zero-order valence-corrected chi connectivity index (χ0v) is 9.85. The predicted octanol–water partition coefficient (Wildman–Crippen LogP) is 1.14. The van der Waals surface area contributed by atoms with Crippen molar-refractivity contribution in [2.75, 3.05) is 32.8 Å². The van der Waals surface area contributed by atoms with Crippen molar-refractivity contribution in [2.45, 2.75) is 38.2 Å². The third-order valence-corrected chi connectivity index (χ3v) is 3.63. The molecule has 0 aromatic carbocycles. The molecule has 0 amide bonds. The molecule has 15 heavy (non-hydrogen) atoms. The van der Waals surface area contributed by atoms with E-state index in [2.05, 4.69) is 17.6 Å². The first-order valence-corrected chi connectivity index (χ1v) is 6.34. The highest BCUT2D eigenvalue weighted by atomic mass is 16.5. The standard InChI is InChI=1S/C12H24N2O/c1-12(5-3-7-15-12)10-14-9-11-4-2-6-13-8-11/h11,13-14H,2-10H2,1H3. The molecule has 2 rings (SSSR count). The van der Waals surface area contributed by atoms with E-state index in [4.69, 9.17) is 4.74 Å². The van der Waals surface area contributed by atoms with Crippen molar-refractivity contribution >= 4 is 0 Å². The highest BCUT2D eigenvalue weighted by Crippen LogP contribution is 2.24. The molecule has 2 unspecified atom stereocenters.